The van der Waals surface area contributed by atoms with E-state index >= 15 is 0 Å². The van der Waals surface area contributed by atoms with Gasteiger partial charge in [0.2, 0.25) is 5.78 Å². The van der Waals surface area contributed by atoms with Crippen LogP contribution in [0.4, 0.5) is 0 Å². The van der Waals surface area contributed by atoms with Crippen LogP contribution in [0.1, 0.15) is 32.4 Å². The highest BCUT2D eigenvalue weighted by Gasteiger charge is 2.28. The number of para-hydroxylation sites is 1. The highest BCUT2D eigenvalue weighted by molar-refractivity contribution is 7.90. The van der Waals surface area contributed by atoms with E-state index in [9.17, 15) is 18.0 Å². The number of fused-ring (bicyclic) bond motifs is 1. The van der Waals surface area contributed by atoms with Crippen LogP contribution in [0.25, 0.3) is 10.9 Å². The molecule has 0 aliphatic heterocycles. The van der Waals surface area contributed by atoms with Crippen LogP contribution in [0.15, 0.2) is 90.0 Å². The lowest BCUT2D eigenvalue weighted by atomic mass is 9.99. The van der Waals surface area contributed by atoms with Gasteiger partial charge in [0.1, 0.15) is 0 Å². The molecule has 31 heavy (non-hydrogen) atoms. The van der Waals surface area contributed by atoms with Gasteiger partial charge in [0.15, 0.2) is 15.9 Å². The van der Waals surface area contributed by atoms with Gasteiger partial charge in [0, 0.05) is 34.5 Å². The molecule has 1 heterocycles. The molecule has 0 saturated heterocycles. The average molecular weight is 433 g/mol. The molecule has 0 saturated carbocycles. The van der Waals surface area contributed by atoms with Crippen molar-refractivity contribution >= 4 is 32.5 Å². The van der Waals surface area contributed by atoms with Gasteiger partial charge in [-0.1, -0.05) is 54.6 Å². The predicted octanol–water partition coefficient (Wildman–Crippen LogP) is 4.35. The molecule has 0 bridgehead atoms. The summed E-state index contributed by atoms with van der Waals surface area (Å²) in [5.74, 6) is -1.16. The van der Waals surface area contributed by atoms with Gasteiger partial charge in [0.05, 0.1) is 10.5 Å². The second kappa shape index (κ2) is 8.20. The van der Waals surface area contributed by atoms with Crippen molar-refractivity contribution in [3.63, 3.8) is 0 Å². The van der Waals surface area contributed by atoms with Gasteiger partial charge in [0.25, 0.3) is 0 Å². The highest BCUT2D eigenvalue weighted by atomic mass is 32.2. The lowest BCUT2D eigenvalue weighted by Crippen LogP contribution is -2.20. The topological polar surface area (TPSA) is 93.3 Å². The first-order valence-electron chi connectivity index (χ1n) is 9.51. The highest BCUT2D eigenvalue weighted by Crippen LogP contribution is 2.28. The van der Waals surface area contributed by atoms with Crippen molar-refractivity contribution in [1.82, 2.24) is 4.98 Å². The maximum atomic E-state index is 13.4. The number of aromatic amines is 1. The van der Waals surface area contributed by atoms with E-state index in [-0.39, 0.29) is 16.2 Å². The van der Waals surface area contributed by atoms with E-state index in [1.807, 2.05) is 24.3 Å². The van der Waals surface area contributed by atoms with Crippen molar-refractivity contribution in [3.8, 4) is 0 Å². The third-order valence-corrected chi connectivity index (χ3v) is 6.03. The van der Waals surface area contributed by atoms with Crippen molar-refractivity contribution in [3.05, 3.63) is 102 Å². The summed E-state index contributed by atoms with van der Waals surface area (Å²) >= 11 is 0. The van der Waals surface area contributed by atoms with Gasteiger partial charge in [-0.05, 0) is 24.3 Å². The predicted molar refractivity (Wildman–Crippen MR) is 117 cm³/mol. The normalized spacial score (nSPS) is 12.4. The Morgan fingerprint density at radius 1 is 0.903 bits per heavy atom. The van der Waals surface area contributed by atoms with Gasteiger partial charge in [-0.2, -0.15) is 0 Å². The van der Waals surface area contributed by atoms with Gasteiger partial charge >= 0.3 is 5.97 Å². The van der Waals surface area contributed by atoms with Crippen molar-refractivity contribution in [2.75, 3.05) is 6.26 Å². The number of aromatic nitrogens is 1. The van der Waals surface area contributed by atoms with Crippen molar-refractivity contribution in [2.45, 2.75) is 11.0 Å². The summed E-state index contributed by atoms with van der Waals surface area (Å²) in [7, 11) is -3.49. The molecule has 7 heteroatoms. The number of Topliss-reactive ketones (excluding diaryl/α,β-unsaturated/α-hetero) is 1. The fourth-order valence-electron chi connectivity index (χ4n) is 3.35. The van der Waals surface area contributed by atoms with Crippen molar-refractivity contribution < 1.29 is 22.7 Å². The lowest BCUT2D eigenvalue weighted by molar-refractivity contribution is 0.0280. The Labute approximate surface area is 179 Å². The molecular weight excluding hydrogens is 414 g/mol. The number of carbonyl (C=O) groups is 2. The molecule has 0 amide bonds. The van der Waals surface area contributed by atoms with Gasteiger partial charge in [-0.15, -0.1) is 0 Å². The molecule has 1 aromatic heterocycles. The Bertz CT molecular complexity index is 1370. The van der Waals surface area contributed by atoms with Crippen LogP contribution in [0.2, 0.25) is 0 Å². The molecule has 6 nitrogen and oxygen atoms in total. The summed E-state index contributed by atoms with van der Waals surface area (Å²) in [5.41, 5.74) is 1.77. The Kier molecular flexibility index (Phi) is 5.44. The summed E-state index contributed by atoms with van der Waals surface area (Å²) in [4.78, 5) is 29.3. The fourth-order valence-corrected chi connectivity index (χ4v) is 4.01. The summed E-state index contributed by atoms with van der Waals surface area (Å²) in [6, 6.07) is 21.6. The zero-order valence-corrected chi connectivity index (χ0v) is 17.4. The van der Waals surface area contributed by atoms with E-state index < -0.39 is 21.9 Å². The number of ether oxygens (including phenoxy) is 1. The molecule has 0 unspecified atom stereocenters. The molecular formula is C24H19NO5S. The van der Waals surface area contributed by atoms with Gasteiger partial charge in [-0.25, -0.2) is 13.2 Å². The summed E-state index contributed by atoms with van der Waals surface area (Å²) < 4.78 is 29.3. The number of ketones is 1. The Balaban J connectivity index is 1.71. The Morgan fingerprint density at radius 3 is 2.35 bits per heavy atom. The molecule has 4 rings (SSSR count). The molecule has 1 N–H and O–H groups in total. The number of hydrogen-bond acceptors (Lipinski definition) is 5. The largest absolute Gasteiger partial charge is 0.445 e. The van der Waals surface area contributed by atoms with E-state index in [1.54, 1.807) is 36.5 Å². The van der Waals surface area contributed by atoms with Crippen molar-refractivity contribution in [1.29, 1.82) is 0 Å². The van der Waals surface area contributed by atoms with Gasteiger partial charge in [-0.3, -0.25) is 4.79 Å². The zero-order valence-electron chi connectivity index (χ0n) is 16.6. The molecule has 0 aliphatic carbocycles. The number of carbonyl (C=O) groups excluding carboxylic acids is 2. The maximum absolute atomic E-state index is 13.4. The van der Waals surface area contributed by atoms with E-state index in [0.717, 1.165) is 17.2 Å². The van der Waals surface area contributed by atoms with Crippen LogP contribution in [0.3, 0.4) is 0 Å². The minimum absolute atomic E-state index is 0.00108. The third kappa shape index (κ3) is 4.27. The SMILES string of the molecule is CS(=O)(=O)c1cccc(C(=O)O[C@@H](C(=O)c2c[nH]c3ccccc23)c2ccccc2)c1. The quantitative estimate of drug-likeness (QED) is 0.360. The summed E-state index contributed by atoms with van der Waals surface area (Å²) in [5, 5.41) is 0.726. The average Bonchev–Trinajstić information content (AvgIpc) is 3.21. The number of hydrogen-bond donors (Lipinski definition) is 1. The lowest BCUT2D eigenvalue weighted by Gasteiger charge is -2.17. The maximum Gasteiger partial charge on any atom is 0.339 e. The first-order valence-corrected chi connectivity index (χ1v) is 11.4. The number of esters is 1. The van der Waals surface area contributed by atoms with E-state index in [1.165, 1.54) is 24.3 Å². The second-order valence-electron chi connectivity index (χ2n) is 7.11. The Morgan fingerprint density at radius 2 is 1.61 bits per heavy atom. The van der Waals surface area contributed by atoms with Crippen LogP contribution >= 0.6 is 0 Å². The number of H-pyrrole nitrogens is 1. The van der Waals surface area contributed by atoms with Crippen molar-refractivity contribution in [2.24, 2.45) is 0 Å². The molecule has 0 fully saturated rings. The number of sulfone groups is 1. The number of benzene rings is 3. The van der Waals surface area contributed by atoms with Crippen LogP contribution in [0, 0.1) is 0 Å². The van der Waals surface area contributed by atoms with Crippen LogP contribution in [-0.2, 0) is 14.6 Å². The second-order valence-corrected chi connectivity index (χ2v) is 9.12. The van der Waals surface area contributed by atoms with E-state index in [0.29, 0.717) is 11.1 Å². The van der Waals surface area contributed by atoms with Crippen LogP contribution < -0.4 is 0 Å². The van der Waals surface area contributed by atoms with Crippen LogP contribution in [0.5, 0.6) is 0 Å². The first kappa shape index (κ1) is 20.6. The number of nitrogens with one attached hydrogen (secondary N) is 1. The smallest absolute Gasteiger partial charge is 0.339 e. The minimum Gasteiger partial charge on any atom is -0.445 e. The van der Waals surface area contributed by atoms with Gasteiger partial charge < -0.3 is 9.72 Å². The first-order chi connectivity index (χ1) is 14.8. The molecule has 3 aromatic carbocycles. The Hall–Kier alpha value is -3.71. The summed E-state index contributed by atoms with van der Waals surface area (Å²) in [6.45, 7) is 0. The van der Waals surface area contributed by atoms with E-state index in [4.69, 9.17) is 4.74 Å². The fraction of sp³-hybridized carbons (Fsp3) is 0.0833. The summed E-state index contributed by atoms with van der Waals surface area (Å²) in [6.07, 6.45) is 1.47. The van der Waals surface area contributed by atoms with Crippen LogP contribution in [-0.4, -0.2) is 31.4 Å². The third-order valence-electron chi connectivity index (χ3n) is 4.92. The molecule has 156 valence electrons. The minimum atomic E-state index is -3.49. The monoisotopic (exact) mass is 433 g/mol. The zero-order chi connectivity index (χ0) is 22.0. The molecule has 0 spiro atoms. The molecule has 4 aromatic rings. The molecule has 0 aliphatic rings. The molecule has 1 atom stereocenters. The number of rotatable bonds is 6. The standard InChI is InChI=1S/C24H19NO5S/c1-31(28,29)18-11-7-10-17(14-18)24(27)30-23(16-8-3-2-4-9-16)22(26)20-15-25-21-13-6-5-12-19(20)21/h2-15,23,25H,1H3/t23-/m1/s1. The van der Waals surface area contributed by atoms with E-state index in [2.05, 4.69) is 4.98 Å². The molecule has 0 radical (unpaired) electrons.